The first-order valence-corrected chi connectivity index (χ1v) is 7.78. The zero-order valence-electron chi connectivity index (χ0n) is 13.5. The smallest absolute Gasteiger partial charge is 0.337 e. The number of methoxy groups -OCH3 is 1. The number of ether oxygens (including phenoxy) is 2. The van der Waals surface area contributed by atoms with Gasteiger partial charge >= 0.3 is 5.97 Å². The number of hydrogen-bond acceptors (Lipinski definition) is 3. The number of carbonyl (C=O) groups is 1. The molecule has 0 radical (unpaired) electrons. The van der Waals surface area contributed by atoms with Crippen molar-refractivity contribution in [3.8, 4) is 11.5 Å². The average molecular weight is 316 g/mol. The van der Waals surface area contributed by atoms with Gasteiger partial charge < -0.3 is 9.47 Å². The summed E-state index contributed by atoms with van der Waals surface area (Å²) in [6.07, 6.45) is 4.62. The number of esters is 1. The molecule has 0 atom stereocenters. The fraction of sp³-hybridized carbons (Fsp3) is 0.316. The third-order valence-corrected chi connectivity index (χ3v) is 3.57. The summed E-state index contributed by atoms with van der Waals surface area (Å²) in [6, 6.07) is 11.7. The van der Waals surface area contributed by atoms with E-state index in [0.29, 0.717) is 5.75 Å². The number of unbranched alkanes of at least 4 members (excludes halogenated alkanes) is 2. The Balaban J connectivity index is 2.03. The summed E-state index contributed by atoms with van der Waals surface area (Å²) in [7, 11) is 1.26. The molecule has 2 rings (SSSR count). The molecule has 2 aromatic carbocycles. The van der Waals surface area contributed by atoms with Crippen molar-refractivity contribution in [1.82, 2.24) is 0 Å². The van der Waals surface area contributed by atoms with Crippen molar-refractivity contribution in [3.63, 3.8) is 0 Å². The van der Waals surface area contributed by atoms with Crippen molar-refractivity contribution in [2.45, 2.75) is 32.6 Å². The summed E-state index contributed by atoms with van der Waals surface area (Å²) in [6.45, 7) is 2.18. The molecule has 0 N–H and O–H groups in total. The maximum Gasteiger partial charge on any atom is 0.337 e. The van der Waals surface area contributed by atoms with Gasteiger partial charge in [-0.2, -0.15) is 0 Å². The molecule has 0 heterocycles. The highest BCUT2D eigenvalue weighted by Gasteiger charge is 2.11. The molecule has 0 saturated heterocycles. The molecule has 0 aliphatic carbocycles. The van der Waals surface area contributed by atoms with Crippen molar-refractivity contribution < 1.29 is 18.7 Å². The average Bonchev–Trinajstić information content (AvgIpc) is 2.57. The van der Waals surface area contributed by atoms with Crippen LogP contribution in [-0.2, 0) is 11.2 Å². The molecular formula is C19H21FO3. The second-order valence-electron chi connectivity index (χ2n) is 5.34. The zero-order valence-corrected chi connectivity index (χ0v) is 13.5. The topological polar surface area (TPSA) is 35.5 Å². The number of benzene rings is 2. The minimum atomic E-state index is -0.597. The van der Waals surface area contributed by atoms with E-state index in [2.05, 4.69) is 11.7 Å². The number of aryl methyl sites for hydroxylation is 1. The van der Waals surface area contributed by atoms with Gasteiger partial charge in [-0.25, -0.2) is 9.18 Å². The molecule has 23 heavy (non-hydrogen) atoms. The predicted molar refractivity (Wildman–Crippen MR) is 87.5 cm³/mol. The molecule has 2 aromatic rings. The van der Waals surface area contributed by atoms with Gasteiger partial charge in [0.1, 0.15) is 5.75 Å². The van der Waals surface area contributed by atoms with Gasteiger partial charge in [-0.3, -0.25) is 0 Å². The number of hydrogen-bond donors (Lipinski definition) is 0. The summed E-state index contributed by atoms with van der Waals surface area (Å²) in [5.74, 6) is -0.530. The highest BCUT2D eigenvalue weighted by molar-refractivity contribution is 5.89. The van der Waals surface area contributed by atoms with Crippen molar-refractivity contribution in [1.29, 1.82) is 0 Å². The lowest BCUT2D eigenvalue weighted by molar-refractivity contribution is 0.0600. The molecule has 122 valence electrons. The van der Waals surface area contributed by atoms with Crippen LogP contribution < -0.4 is 4.74 Å². The summed E-state index contributed by atoms with van der Waals surface area (Å²) in [5.41, 5.74) is 1.40. The molecule has 3 nitrogen and oxygen atoms in total. The Bertz CT molecular complexity index is 650. The summed E-state index contributed by atoms with van der Waals surface area (Å²) >= 11 is 0. The van der Waals surface area contributed by atoms with Crippen LogP contribution in [-0.4, -0.2) is 13.1 Å². The molecule has 0 aromatic heterocycles. The van der Waals surface area contributed by atoms with E-state index in [1.807, 2.05) is 24.3 Å². The number of halogens is 1. The Labute approximate surface area is 136 Å². The summed E-state index contributed by atoms with van der Waals surface area (Å²) in [4.78, 5) is 11.4. The van der Waals surface area contributed by atoms with Gasteiger partial charge in [-0.15, -0.1) is 0 Å². The van der Waals surface area contributed by atoms with E-state index < -0.39 is 11.8 Å². The highest BCUT2D eigenvalue weighted by Crippen LogP contribution is 2.26. The molecule has 0 unspecified atom stereocenters. The Morgan fingerprint density at radius 3 is 2.43 bits per heavy atom. The molecule has 4 heteroatoms. The predicted octanol–water partition coefficient (Wildman–Crippen LogP) is 5.14. The molecule has 0 bridgehead atoms. The first kappa shape index (κ1) is 17.0. The minimum absolute atomic E-state index is 0.0800. The highest BCUT2D eigenvalue weighted by atomic mass is 19.1. The van der Waals surface area contributed by atoms with Crippen LogP contribution in [0.4, 0.5) is 4.39 Å². The number of rotatable bonds is 7. The van der Waals surface area contributed by atoms with Crippen LogP contribution in [0.15, 0.2) is 42.5 Å². The third-order valence-electron chi connectivity index (χ3n) is 3.57. The maximum atomic E-state index is 14.0. The van der Waals surface area contributed by atoms with Crippen LogP contribution in [0.2, 0.25) is 0 Å². The number of carbonyl (C=O) groups excluding carboxylic acids is 1. The van der Waals surface area contributed by atoms with E-state index in [0.717, 1.165) is 12.5 Å². The molecule has 0 saturated carbocycles. The third kappa shape index (κ3) is 4.81. The lowest BCUT2D eigenvalue weighted by Crippen LogP contribution is -2.02. The second-order valence-corrected chi connectivity index (χ2v) is 5.34. The van der Waals surface area contributed by atoms with Crippen molar-refractivity contribution in [2.24, 2.45) is 0 Å². The van der Waals surface area contributed by atoms with Crippen LogP contribution in [0.1, 0.15) is 42.1 Å². The standard InChI is InChI=1S/C19H21FO3/c1-3-4-5-6-14-7-10-16(11-8-14)23-18-12-9-15(13-17(18)20)19(21)22-2/h7-13H,3-6H2,1-2H3. The first-order chi connectivity index (χ1) is 11.1. The lowest BCUT2D eigenvalue weighted by Gasteiger charge is -2.09. The van der Waals surface area contributed by atoms with E-state index in [9.17, 15) is 9.18 Å². The van der Waals surface area contributed by atoms with Crippen LogP contribution in [0.25, 0.3) is 0 Å². The van der Waals surface area contributed by atoms with Crippen LogP contribution >= 0.6 is 0 Å². The SMILES string of the molecule is CCCCCc1ccc(Oc2ccc(C(=O)OC)cc2F)cc1. The first-order valence-electron chi connectivity index (χ1n) is 7.78. The van der Waals surface area contributed by atoms with E-state index in [4.69, 9.17) is 4.74 Å². The summed E-state index contributed by atoms with van der Waals surface area (Å²) in [5, 5.41) is 0. The summed E-state index contributed by atoms with van der Waals surface area (Å²) < 4.78 is 24.1. The molecule has 0 aliphatic heterocycles. The maximum absolute atomic E-state index is 14.0. The lowest BCUT2D eigenvalue weighted by atomic mass is 10.1. The van der Waals surface area contributed by atoms with Crippen LogP contribution in [0, 0.1) is 5.82 Å². The van der Waals surface area contributed by atoms with Crippen LogP contribution in [0.5, 0.6) is 11.5 Å². The quantitative estimate of drug-likeness (QED) is 0.524. The zero-order chi connectivity index (χ0) is 16.7. The largest absolute Gasteiger partial charge is 0.465 e. The van der Waals surface area contributed by atoms with Crippen molar-refractivity contribution in [2.75, 3.05) is 7.11 Å². The van der Waals surface area contributed by atoms with E-state index in [-0.39, 0.29) is 11.3 Å². The fourth-order valence-corrected chi connectivity index (χ4v) is 2.26. The molecular weight excluding hydrogens is 295 g/mol. The van der Waals surface area contributed by atoms with Crippen LogP contribution in [0.3, 0.4) is 0 Å². The minimum Gasteiger partial charge on any atom is -0.465 e. The van der Waals surface area contributed by atoms with Gasteiger partial charge in [0.25, 0.3) is 0 Å². The van der Waals surface area contributed by atoms with Gasteiger partial charge in [-0.05, 0) is 48.7 Å². The second kappa shape index (κ2) is 8.32. The van der Waals surface area contributed by atoms with Gasteiger partial charge in [-0.1, -0.05) is 31.9 Å². The monoisotopic (exact) mass is 316 g/mol. The Kier molecular flexibility index (Phi) is 6.15. The van der Waals surface area contributed by atoms with E-state index in [1.54, 1.807) is 0 Å². The van der Waals surface area contributed by atoms with Crippen molar-refractivity contribution in [3.05, 3.63) is 59.4 Å². The van der Waals surface area contributed by atoms with Crippen molar-refractivity contribution >= 4 is 5.97 Å². The van der Waals surface area contributed by atoms with Gasteiger partial charge in [0.05, 0.1) is 12.7 Å². The Morgan fingerprint density at radius 1 is 1.09 bits per heavy atom. The van der Waals surface area contributed by atoms with Gasteiger partial charge in [0.2, 0.25) is 0 Å². The normalized spacial score (nSPS) is 10.4. The van der Waals surface area contributed by atoms with Gasteiger partial charge in [0, 0.05) is 0 Å². The van der Waals surface area contributed by atoms with E-state index in [1.165, 1.54) is 44.1 Å². The molecule has 0 amide bonds. The molecule has 0 fully saturated rings. The molecule has 0 spiro atoms. The molecule has 0 aliphatic rings. The Hall–Kier alpha value is -2.36. The van der Waals surface area contributed by atoms with E-state index >= 15 is 0 Å². The van der Waals surface area contributed by atoms with Gasteiger partial charge in [0.15, 0.2) is 11.6 Å². The Morgan fingerprint density at radius 2 is 1.83 bits per heavy atom. The fourth-order valence-electron chi connectivity index (χ4n) is 2.26.